The maximum Gasteiger partial charge on any atom is 0.164 e. The molecular weight excluding hydrogens is 663 g/mol. The molecule has 5 nitrogen and oxygen atoms in total. The van der Waals surface area contributed by atoms with Crippen molar-refractivity contribution in [1.29, 1.82) is 0 Å². The molecule has 0 aliphatic carbocycles. The first-order chi connectivity index (χ1) is 26.8. The highest BCUT2D eigenvalue weighted by molar-refractivity contribution is 6.18. The number of nitrogens with zero attached hydrogens (tertiary/aromatic N) is 3. The molecule has 0 amide bonds. The number of fused-ring (bicyclic) bond motifs is 8. The fraction of sp³-hybridized carbons (Fsp3) is 0. The van der Waals surface area contributed by atoms with Gasteiger partial charge < -0.3 is 8.83 Å². The van der Waals surface area contributed by atoms with Gasteiger partial charge in [-0.2, -0.15) is 0 Å². The van der Waals surface area contributed by atoms with E-state index in [1.54, 1.807) is 0 Å². The van der Waals surface area contributed by atoms with Crippen molar-refractivity contribution in [1.82, 2.24) is 15.0 Å². The molecule has 0 radical (unpaired) electrons. The third kappa shape index (κ3) is 4.83. The van der Waals surface area contributed by atoms with Crippen molar-refractivity contribution in [3.8, 4) is 56.4 Å². The third-order valence-corrected chi connectivity index (χ3v) is 10.3. The van der Waals surface area contributed by atoms with Crippen LogP contribution in [0.5, 0.6) is 0 Å². The first-order valence-electron chi connectivity index (χ1n) is 18.0. The Balaban J connectivity index is 1.21. The number of furan rings is 2. The van der Waals surface area contributed by atoms with E-state index in [9.17, 15) is 0 Å². The molecule has 11 aromatic rings. The van der Waals surface area contributed by atoms with Crippen molar-refractivity contribution in [3.63, 3.8) is 0 Å². The summed E-state index contributed by atoms with van der Waals surface area (Å²) in [5.74, 6) is 1.73. The summed E-state index contributed by atoms with van der Waals surface area (Å²) < 4.78 is 13.4. The van der Waals surface area contributed by atoms with Crippen LogP contribution in [0.3, 0.4) is 0 Å². The molecular formula is C49H29N3O2. The summed E-state index contributed by atoms with van der Waals surface area (Å²) >= 11 is 0. The van der Waals surface area contributed by atoms with E-state index in [1.165, 1.54) is 0 Å². The van der Waals surface area contributed by atoms with Crippen molar-refractivity contribution in [2.45, 2.75) is 0 Å². The molecule has 0 N–H and O–H groups in total. The van der Waals surface area contributed by atoms with Crippen LogP contribution in [0.15, 0.2) is 185 Å². The van der Waals surface area contributed by atoms with E-state index in [1.807, 2.05) is 72.8 Å². The Morgan fingerprint density at radius 2 is 0.907 bits per heavy atom. The topological polar surface area (TPSA) is 65.0 Å². The van der Waals surface area contributed by atoms with Gasteiger partial charge in [0.05, 0.1) is 0 Å². The summed E-state index contributed by atoms with van der Waals surface area (Å²) in [5.41, 5.74) is 10.1. The Kier molecular flexibility index (Phi) is 6.79. The van der Waals surface area contributed by atoms with Crippen LogP contribution >= 0.6 is 0 Å². The molecule has 11 rings (SSSR count). The van der Waals surface area contributed by atoms with Gasteiger partial charge in [0, 0.05) is 54.7 Å². The molecule has 0 aliphatic rings. The smallest absolute Gasteiger partial charge is 0.164 e. The van der Waals surface area contributed by atoms with Gasteiger partial charge in [-0.25, -0.2) is 15.0 Å². The molecule has 5 heteroatoms. The number of rotatable bonds is 5. The number of para-hydroxylation sites is 1. The highest BCUT2D eigenvalue weighted by atomic mass is 16.3. The molecule has 0 unspecified atom stereocenters. The van der Waals surface area contributed by atoms with Crippen molar-refractivity contribution in [2.24, 2.45) is 0 Å². The number of benzene rings is 8. The molecule has 54 heavy (non-hydrogen) atoms. The minimum Gasteiger partial charge on any atom is -0.455 e. The fourth-order valence-corrected chi connectivity index (χ4v) is 7.77. The highest BCUT2D eigenvalue weighted by Crippen LogP contribution is 2.44. The maximum atomic E-state index is 6.79. The highest BCUT2D eigenvalue weighted by Gasteiger charge is 2.22. The van der Waals surface area contributed by atoms with Crippen LogP contribution < -0.4 is 0 Å². The predicted molar refractivity (Wildman–Crippen MR) is 219 cm³/mol. The van der Waals surface area contributed by atoms with Gasteiger partial charge in [-0.1, -0.05) is 140 Å². The predicted octanol–water partition coefficient (Wildman–Crippen LogP) is 13.2. The van der Waals surface area contributed by atoms with Crippen LogP contribution in [-0.4, -0.2) is 15.0 Å². The van der Waals surface area contributed by atoms with E-state index < -0.39 is 0 Å². The zero-order valence-corrected chi connectivity index (χ0v) is 28.9. The zero-order valence-electron chi connectivity index (χ0n) is 28.9. The summed E-state index contributed by atoms with van der Waals surface area (Å²) in [6, 6.07) is 60.2. The molecule has 0 fully saturated rings. The van der Waals surface area contributed by atoms with E-state index in [2.05, 4.69) is 103 Å². The van der Waals surface area contributed by atoms with Crippen molar-refractivity contribution in [2.75, 3.05) is 0 Å². The molecule has 0 saturated heterocycles. The lowest BCUT2D eigenvalue weighted by atomic mass is 9.97. The second kappa shape index (κ2) is 12.1. The van der Waals surface area contributed by atoms with Gasteiger partial charge >= 0.3 is 0 Å². The molecule has 8 aromatic carbocycles. The quantitative estimate of drug-likeness (QED) is 0.180. The molecule has 0 bridgehead atoms. The van der Waals surface area contributed by atoms with Crippen LogP contribution in [0.2, 0.25) is 0 Å². The van der Waals surface area contributed by atoms with Gasteiger partial charge in [0.1, 0.15) is 22.3 Å². The first kappa shape index (κ1) is 30.3. The number of aromatic nitrogens is 3. The Morgan fingerprint density at radius 3 is 1.67 bits per heavy atom. The minimum atomic E-state index is 0.569. The van der Waals surface area contributed by atoms with Crippen molar-refractivity contribution < 1.29 is 8.83 Å². The zero-order chi connectivity index (χ0) is 35.6. The molecule has 3 aromatic heterocycles. The van der Waals surface area contributed by atoms with E-state index in [0.717, 1.165) is 93.6 Å². The fourth-order valence-electron chi connectivity index (χ4n) is 7.77. The maximum absolute atomic E-state index is 6.79. The number of hydrogen-bond acceptors (Lipinski definition) is 5. The monoisotopic (exact) mass is 691 g/mol. The molecule has 0 spiro atoms. The summed E-state index contributed by atoms with van der Waals surface area (Å²) in [7, 11) is 0. The Hall–Kier alpha value is -7.37. The van der Waals surface area contributed by atoms with E-state index in [-0.39, 0.29) is 0 Å². The summed E-state index contributed by atoms with van der Waals surface area (Å²) in [5, 5.41) is 6.24. The largest absolute Gasteiger partial charge is 0.455 e. The molecule has 0 aliphatic heterocycles. The lowest BCUT2D eigenvalue weighted by Crippen LogP contribution is -2.01. The van der Waals surface area contributed by atoms with Crippen molar-refractivity contribution >= 4 is 54.6 Å². The lowest BCUT2D eigenvalue weighted by Gasteiger charge is -2.12. The first-order valence-corrected chi connectivity index (χ1v) is 18.0. The van der Waals surface area contributed by atoms with Crippen LogP contribution in [0.4, 0.5) is 0 Å². The van der Waals surface area contributed by atoms with Gasteiger partial charge in [-0.15, -0.1) is 0 Å². The Morgan fingerprint density at radius 1 is 0.315 bits per heavy atom. The Bertz CT molecular complexity index is 3200. The average Bonchev–Trinajstić information content (AvgIpc) is 3.83. The minimum absolute atomic E-state index is 0.569. The molecule has 3 heterocycles. The normalized spacial score (nSPS) is 11.7. The van der Waals surface area contributed by atoms with Gasteiger partial charge in [0.25, 0.3) is 0 Å². The van der Waals surface area contributed by atoms with Gasteiger partial charge in [-0.05, 0) is 52.9 Å². The summed E-state index contributed by atoms with van der Waals surface area (Å²) in [6.45, 7) is 0. The van der Waals surface area contributed by atoms with Gasteiger partial charge in [0.2, 0.25) is 0 Å². The summed E-state index contributed by atoms with van der Waals surface area (Å²) in [6.07, 6.45) is 0. The van der Waals surface area contributed by atoms with Gasteiger partial charge in [-0.3, -0.25) is 0 Å². The van der Waals surface area contributed by atoms with Crippen LogP contribution in [-0.2, 0) is 0 Å². The lowest BCUT2D eigenvalue weighted by molar-refractivity contribution is 0.670. The van der Waals surface area contributed by atoms with Gasteiger partial charge in [0.15, 0.2) is 17.5 Å². The standard InChI is InChI=1S/C49H29N3O2/c1-4-14-30(15-5-1)36-26-27-39(43-38-22-12-13-23-42(38)53-46(36)43)49-51-47(33-19-8-3-9-20-33)50-48(52-49)34-28-40(31-16-6-2-7-17-31)45-41(29-34)37-25-24-32-18-10-11-21-35(32)44(37)54-45/h1-29H. The Labute approximate surface area is 309 Å². The van der Waals surface area contributed by atoms with Crippen LogP contribution in [0, 0.1) is 0 Å². The van der Waals surface area contributed by atoms with Crippen LogP contribution in [0.25, 0.3) is 111 Å². The van der Waals surface area contributed by atoms with E-state index >= 15 is 0 Å². The van der Waals surface area contributed by atoms with E-state index in [4.69, 9.17) is 23.8 Å². The summed E-state index contributed by atoms with van der Waals surface area (Å²) in [4.78, 5) is 15.6. The molecule has 0 atom stereocenters. The van der Waals surface area contributed by atoms with Crippen molar-refractivity contribution in [3.05, 3.63) is 176 Å². The van der Waals surface area contributed by atoms with Crippen LogP contribution in [0.1, 0.15) is 0 Å². The van der Waals surface area contributed by atoms with E-state index in [0.29, 0.717) is 17.5 Å². The molecule has 0 saturated carbocycles. The number of hydrogen-bond donors (Lipinski definition) is 0. The second-order valence-corrected chi connectivity index (χ2v) is 13.5. The third-order valence-electron chi connectivity index (χ3n) is 10.3. The molecule has 252 valence electrons. The second-order valence-electron chi connectivity index (χ2n) is 13.5. The average molecular weight is 692 g/mol. The SMILES string of the molecule is c1ccc(-c2nc(-c3cc(-c4ccccc4)c4oc5c6ccccc6ccc5c4c3)nc(-c3ccc(-c4ccccc4)c4oc5ccccc5c34)n2)cc1.